The number of carbonyl (C=O) groups is 1. The van der Waals surface area contributed by atoms with E-state index in [9.17, 15) is 9.59 Å². The van der Waals surface area contributed by atoms with Crippen LogP contribution in [-0.2, 0) is 4.79 Å². The highest BCUT2D eigenvalue weighted by Crippen LogP contribution is 2.30. The van der Waals surface area contributed by atoms with Crippen LogP contribution in [0.2, 0.25) is 5.02 Å². The van der Waals surface area contributed by atoms with E-state index in [1.54, 1.807) is 22.7 Å². The Morgan fingerprint density at radius 3 is 2.75 bits per heavy atom. The van der Waals surface area contributed by atoms with Crippen LogP contribution in [0.1, 0.15) is 32.4 Å². The SMILES string of the molecule is CC(=O)Nn1nc(C(C)C)c(Cl)c(-c2ccc3nncn3c2)c1=O. The Kier molecular flexibility index (Phi) is 4.06. The molecule has 0 radical (unpaired) electrons. The number of halogens is 1. The standard InChI is InChI=1S/C15H15ClN6O2/c1-8(2)14-13(16)12(15(24)22(20-14)19-9(3)23)10-4-5-11-18-17-7-21(11)6-10/h4-8H,1-3H3,(H,19,23). The molecule has 0 aliphatic rings. The van der Waals surface area contributed by atoms with Gasteiger partial charge in [-0.15, -0.1) is 15.0 Å². The fourth-order valence-corrected chi connectivity index (χ4v) is 2.79. The number of amides is 1. The zero-order chi connectivity index (χ0) is 17.4. The lowest BCUT2D eigenvalue weighted by Gasteiger charge is -2.15. The van der Waals surface area contributed by atoms with E-state index in [-0.39, 0.29) is 16.5 Å². The zero-order valence-electron chi connectivity index (χ0n) is 13.3. The van der Waals surface area contributed by atoms with Gasteiger partial charge in [0, 0.05) is 18.7 Å². The molecule has 0 atom stereocenters. The van der Waals surface area contributed by atoms with Gasteiger partial charge in [0.25, 0.3) is 5.56 Å². The molecule has 8 nitrogen and oxygen atoms in total. The number of hydrogen-bond acceptors (Lipinski definition) is 5. The van der Waals surface area contributed by atoms with Crippen LogP contribution >= 0.6 is 11.6 Å². The van der Waals surface area contributed by atoms with E-state index >= 15 is 0 Å². The number of nitrogens with one attached hydrogen (secondary N) is 1. The quantitative estimate of drug-likeness (QED) is 0.780. The molecule has 3 heterocycles. The molecule has 0 saturated heterocycles. The molecule has 0 aliphatic carbocycles. The molecule has 0 aliphatic heterocycles. The summed E-state index contributed by atoms with van der Waals surface area (Å²) in [5.74, 6) is -0.433. The first kappa shape index (κ1) is 16.1. The molecular weight excluding hydrogens is 332 g/mol. The van der Waals surface area contributed by atoms with Crippen LogP contribution in [0.5, 0.6) is 0 Å². The molecular formula is C15H15ClN6O2. The van der Waals surface area contributed by atoms with Crippen molar-refractivity contribution < 1.29 is 4.79 Å². The number of nitrogens with zero attached hydrogens (tertiary/aromatic N) is 5. The summed E-state index contributed by atoms with van der Waals surface area (Å²) in [6.45, 7) is 5.12. The number of carbonyl (C=O) groups excluding carboxylic acids is 1. The average molecular weight is 347 g/mol. The highest BCUT2D eigenvalue weighted by atomic mass is 35.5. The van der Waals surface area contributed by atoms with Gasteiger partial charge in [-0.25, -0.2) is 5.43 Å². The summed E-state index contributed by atoms with van der Waals surface area (Å²) < 4.78 is 1.68. The molecule has 0 unspecified atom stereocenters. The third-order valence-electron chi connectivity index (χ3n) is 3.45. The maximum absolute atomic E-state index is 12.7. The van der Waals surface area contributed by atoms with Crippen molar-refractivity contribution >= 4 is 23.2 Å². The van der Waals surface area contributed by atoms with Crippen LogP contribution in [0, 0.1) is 0 Å². The van der Waals surface area contributed by atoms with Gasteiger partial charge in [-0.05, 0) is 18.1 Å². The predicted octanol–water partition coefficient (Wildman–Crippen LogP) is 1.82. The molecule has 1 amide bonds. The summed E-state index contributed by atoms with van der Waals surface area (Å²) in [6, 6.07) is 3.46. The van der Waals surface area contributed by atoms with Gasteiger partial charge < -0.3 is 0 Å². The normalized spacial score (nSPS) is 11.2. The Bertz CT molecular complexity index is 991. The number of aromatic nitrogens is 5. The fourth-order valence-electron chi connectivity index (χ4n) is 2.34. The Labute approximate surface area is 142 Å². The van der Waals surface area contributed by atoms with E-state index in [0.717, 1.165) is 4.79 Å². The third-order valence-corrected chi connectivity index (χ3v) is 3.83. The highest BCUT2D eigenvalue weighted by molar-refractivity contribution is 6.33. The van der Waals surface area contributed by atoms with E-state index < -0.39 is 11.5 Å². The summed E-state index contributed by atoms with van der Waals surface area (Å²) in [6.07, 6.45) is 3.24. The maximum atomic E-state index is 12.7. The number of pyridine rings is 1. The average Bonchev–Trinajstić information content (AvgIpc) is 2.97. The first-order valence-corrected chi connectivity index (χ1v) is 7.66. The van der Waals surface area contributed by atoms with Crippen molar-refractivity contribution in [1.82, 2.24) is 24.5 Å². The van der Waals surface area contributed by atoms with Crippen molar-refractivity contribution in [3.05, 3.63) is 45.7 Å². The molecule has 3 aromatic heterocycles. The lowest BCUT2D eigenvalue weighted by atomic mass is 10.0. The molecule has 0 bridgehead atoms. The van der Waals surface area contributed by atoms with Gasteiger partial charge in [0.2, 0.25) is 5.91 Å². The zero-order valence-corrected chi connectivity index (χ0v) is 14.1. The van der Waals surface area contributed by atoms with Gasteiger partial charge in [-0.2, -0.15) is 5.10 Å². The van der Waals surface area contributed by atoms with Crippen molar-refractivity contribution in [3.63, 3.8) is 0 Å². The van der Waals surface area contributed by atoms with Crippen molar-refractivity contribution in [2.75, 3.05) is 5.43 Å². The molecule has 0 fully saturated rings. The van der Waals surface area contributed by atoms with Crippen LogP contribution in [0.25, 0.3) is 16.8 Å². The summed E-state index contributed by atoms with van der Waals surface area (Å²) in [5.41, 5.74) is 3.91. The minimum atomic E-state index is -0.507. The van der Waals surface area contributed by atoms with Gasteiger partial charge in [-0.1, -0.05) is 25.4 Å². The van der Waals surface area contributed by atoms with E-state index in [2.05, 4.69) is 20.7 Å². The highest BCUT2D eigenvalue weighted by Gasteiger charge is 2.20. The second kappa shape index (κ2) is 6.04. The van der Waals surface area contributed by atoms with Crippen molar-refractivity contribution in [2.24, 2.45) is 0 Å². The lowest BCUT2D eigenvalue weighted by molar-refractivity contribution is -0.115. The van der Waals surface area contributed by atoms with Gasteiger partial charge in [-0.3, -0.25) is 14.0 Å². The van der Waals surface area contributed by atoms with Gasteiger partial charge in [0.1, 0.15) is 6.33 Å². The topological polar surface area (TPSA) is 94.2 Å². The molecule has 9 heteroatoms. The van der Waals surface area contributed by atoms with Crippen molar-refractivity contribution in [2.45, 2.75) is 26.7 Å². The van der Waals surface area contributed by atoms with Crippen LogP contribution in [-0.4, -0.2) is 30.4 Å². The van der Waals surface area contributed by atoms with Gasteiger partial charge >= 0.3 is 0 Å². The first-order valence-electron chi connectivity index (χ1n) is 7.28. The Balaban J connectivity index is 2.30. The van der Waals surface area contributed by atoms with E-state index in [1.165, 1.54) is 13.3 Å². The minimum Gasteiger partial charge on any atom is -0.288 e. The second-order valence-electron chi connectivity index (χ2n) is 5.63. The van der Waals surface area contributed by atoms with E-state index in [4.69, 9.17) is 11.6 Å². The third kappa shape index (κ3) is 2.76. The second-order valence-corrected chi connectivity index (χ2v) is 6.01. The number of rotatable bonds is 3. The van der Waals surface area contributed by atoms with Crippen molar-refractivity contribution in [3.8, 4) is 11.1 Å². The summed E-state index contributed by atoms with van der Waals surface area (Å²) in [5, 5.41) is 12.2. The van der Waals surface area contributed by atoms with Crippen molar-refractivity contribution in [1.29, 1.82) is 0 Å². The molecule has 3 aromatic rings. The van der Waals surface area contributed by atoms with Crippen LogP contribution in [0.15, 0.2) is 29.5 Å². The molecule has 3 rings (SSSR count). The smallest absolute Gasteiger partial charge is 0.288 e. The molecule has 0 spiro atoms. The van der Waals surface area contributed by atoms with Gasteiger partial charge in [0.05, 0.1) is 16.3 Å². The lowest BCUT2D eigenvalue weighted by Crippen LogP contribution is -2.36. The Morgan fingerprint density at radius 1 is 1.33 bits per heavy atom. The summed E-state index contributed by atoms with van der Waals surface area (Å²) >= 11 is 6.45. The van der Waals surface area contributed by atoms with Crippen LogP contribution in [0.4, 0.5) is 0 Å². The predicted molar refractivity (Wildman–Crippen MR) is 89.6 cm³/mol. The summed E-state index contributed by atoms with van der Waals surface area (Å²) in [4.78, 5) is 25.0. The van der Waals surface area contributed by atoms with E-state index in [0.29, 0.717) is 16.9 Å². The number of fused-ring (bicyclic) bond motifs is 1. The summed E-state index contributed by atoms with van der Waals surface area (Å²) in [7, 11) is 0. The van der Waals surface area contributed by atoms with Gasteiger partial charge in [0.15, 0.2) is 5.65 Å². The molecule has 0 aromatic carbocycles. The molecule has 1 N–H and O–H groups in total. The Morgan fingerprint density at radius 2 is 2.08 bits per heavy atom. The fraction of sp³-hybridized carbons (Fsp3) is 0.267. The molecule has 0 saturated carbocycles. The monoisotopic (exact) mass is 346 g/mol. The Hall–Kier alpha value is -2.74. The van der Waals surface area contributed by atoms with E-state index in [1.807, 2.05) is 13.8 Å². The maximum Gasteiger partial charge on any atom is 0.295 e. The minimum absolute atomic E-state index is 0.0319. The van der Waals surface area contributed by atoms with Crippen LogP contribution < -0.4 is 11.0 Å². The molecule has 24 heavy (non-hydrogen) atoms. The molecule has 124 valence electrons. The first-order chi connectivity index (χ1) is 11.4. The number of hydrogen-bond donors (Lipinski definition) is 1. The van der Waals surface area contributed by atoms with Crippen LogP contribution in [0.3, 0.4) is 0 Å². The largest absolute Gasteiger partial charge is 0.295 e.